The summed E-state index contributed by atoms with van der Waals surface area (Å²) in [6.07, 6.45) is -0.367. The fourth-order valence-electron chi connectivity index (χ4n) is 2.66. The number of rotatable bonds is 4. The number of carbonyl (C=O) groups excluding carboxylic acids is 1. The van der Waals surface area contributed by atoms with Crippen molar-refractivity contribution in [3.8, 4) is 10.6 Å². The zero-order chi connectivity index (χ0) is 19.7. The molecule has 0 aromatic carbocycles. The van der Waals surface area contributed by atoms with Crippen LogP contribution >= 0.6 is 11.3 Å². The first-order valence-corrected chi connectivity index (χ1v) is 8.98. The Labute approximate surface area is 160 Å². The normalized spacial score (nSPS) is 11.7. The lowest BCUT2D eigenvalue weighted by Crippen LogP contribution is -2.23. The monoisotopic (exact) mass is 403 g/mol. The molecule has 0 aliphatic heterocycles. The van der Waals surface area contributed by atoms with Gasteiger partial charge in [0, 0.05) is 18.9 Å². The van der Waals surface area contributed by atoms with Crippen LogP contribution in [0, 0.1) is 0 Å². The highest BCUT2D eigenvalue weighted by molar-refractivity contribution is 7.13. The molecule has 4 heterocycles. The van der Waals surface area contributed by atoms with Crippen molar-refractivity contribution < 1.29 is 18.0 Å². The van der Waals surface area contributed by atoms with Gasteiger partial charge in [-0.2, -0.15) is 18.3 Å². The third kappa shape index (κ3) is 3.46. The Kier molecular flexibility index (Phi) is 4.55. The zero-order valence-corrected chi connectivity index (χ0v) is 15.0. The molecule has 0 atom stereocenters. The van der Waals surface area contributed by atoms with Gasteiger partial charge in [0.1, 0.15) is 5.56 Å². The van der Waals surface area contributed by atoms with E-state index in [4.69, 9.17) is 0 Å². The summed E-state index contributed by atoms with van der Waals surface area (Å²) >= 11 is 1.26. The van der Waals surface area contributed by atoms with Crippen LogP contribution in [0.15, 0.2) is 54.3 Å². The van der Waals surface area contributed by atoms with E-state index < -0.39 is 17.8 Å². The number of amides is 1. The van der Waals surface area contributed by atoms with Crippen molar-refractivity contribution >= 4 is 22.9 Å². The lowest BCUT2D eigenvalue weighted by molar-refractivity contribution is -0.142. The molecule has 4 rings (SSSR count). The van der Waals surface area contributed by atoms with Crippen molar-refractivity contribution in [3.63, 3.8) is 0 Å². The summed E-state index contributed by atoms with van der Waals surface area (Å²) < 4.78 is 41.2. The number of hydrogen-bond acceptors (Lipinski definition) is 5. The van der Waals surface area contributed by atoms with E-state index >= 15 is 0 Å². The minimum absolute atomic E-state index is 0.0344. The second kappa shape index (κ2) is 7.04. The van der Waals surface area contributed by atoms with Crippen molar-refractivity contribution in [2.75, 3.05) is 0 Å². The van der Waals surface area contributed by atoms with E-state index in [9.17, 15) is 18.0 Å². The summed E-state index contributed by atoms with van der Waals surface area (Å²) in [4.78, 5) is 21.3. The van der Waals surface area contributed by atoms with Crippen molar-refractivity contribution in [3.05, 3.63) is 71.1 Å². The van der Waals surface area contributed by atoms with Crippen molar-refractivity contribution in [2.24, 2.45) is 0 Å². The number of aromatic nitrogens is 4. The molecule has 0 spiro atoms. The largest absolute Gasteiger partial charge is 0.433 e. The maximum atomic E-state index is 13.5. The SMILES string of the molecule is O=C(NCc1cccnc1)c1cnn2c(C(F)(F)F)cc(-c3cccs3)nc12. The highest BCUT2D eigenvalue weighted by atomic mass is 32.1. The second-order valence-electron chi connectivity index (χ2n) is 5.84. The Morgan fingerprint density at radius 2 is 2.07 bits per heavy atom. The van der Waals surface area contributed by atoms with Gasteiger partial charge in [-0.15, -0.1) is 11.3 Å². The van der Waals surface area contributed by atoms with E-state index in [1.54, 1.807) is 42.0 Å². The molecule has 0 saturated carbocycles. The fraction of sp³-hybridized carbons (Fsp3) is 0.111. The Balaban J connectivity index is 1.75. The van der Waals surface area contributed by atoms with Crippen LogP contribution < -0.4 is 5.32 Å². The van der Waals surface area contributed by atoms with Crippen molar-refractivity contribution in [2.45, 2.75) is 12.7 Å². The molecule has 28 heavy (non-hydrogen) atoms. The first-order chi connectivity index (χ1) is 13.4. The number of alkyl halides is 3. The maximum absolute atomic E-state index is 13.5. The molecular weight excluding hydrogens is 391 g/mol. The standard InChI is InChI=1S/C18H12F3N5OS/c19-18(20,21)15-7-13(14-4-2-6-28-14)25-16-12(10-24-26(15)16)17(27)23-9-11-3-1-5-22-8-11/h1-8,10H,9H2,(H,23,27). The number of thiophene rings is 1. The molecule has 0 radical (unpaired) electrons. The molecule has 0 aliphatic rings. The lowest BCUT2D eigenvalue weighted by atomic mass is 10.2. The Morgan fingerprint density at radius 1 is 1.21 bits per heavy atom. The van der Waals surface area contributed by atoms with Gasteiger partial charge in [-0.3, -0.25) is 9.78 Å². The molecule has 1 N–H and O–H groups in total. The Morgan fingerprint density at radius 3 is 2.75 bits per heavy atom. The molecule has 0 aliphatic carbocycles. The van der Waals surface area contributed by atoms with E-state index in [0.29, 0.717) is 9.39 Å². The van der Waals surface area contributed by atoms with E-state index in [0.717, 1.165) is 17.8 Å². The first-order valence-electron chi connectivity index (χ1n) is 8.10. The summed E-state index contributed by atoms with van der Waals surface area (Å²) in [6.45, 7) is 0.181. The number of nitrogens with one attached hydrogen (secondary N) is 1. The highest BCUT2D eigenvalue weighted by Crippen LogP contribution is 2.33. The van der Waals surface area contributed by atoms with Crippen LogP contribution in [0.25, 0.3) is 16.2 Å². The quantitative estimate of drug-likeness (QED) is 0.563. The Hall–Kier alpha value is -3.27. The number of pyridine rings is 1. The van der Waals surface area contributed by atoms with Gasteiger partial charge in [0.15, 0.2) is 11.3 Å². The average molecular weight is 403 g/mol. The predicted molar refractivity (Wildman–Crippen MR) is 96.7 cm³/mol. The minimum Gasteiger partial charge on any atom is -0.348 e. The third-order valence-electron chi connectivity index (χ3n) is 3.96. The maximum Gasteiger partial charge on any atom is 0.433 e. The smallest absolute Gasteiger partial charge is 0.348 e. The Bertz CT molecular complexity index is 1120. The summed E-state index contributed by atoms with van der Waals surface area (Å²) in [7, 11) is 0. The number of nitrogens with zero attached hydrogens (tertiary/aromatic N) is 4. The van der Waals surface area contributed by atoms with Gasteiger partial charge in [0.05, 0.1) is 16.8 Å². The molecule has 4 aromatic heterocycles. The second-order valence-corrected chi connectivity index (χ2v) is 6.79. The molecule has 1 amide bonds. The molecule has 6 nitrogen and oxygen atoms in total. The van der Waals surface area contributed by atoms with Gasteiger partial charge in [-0.1, -0.05) is 12.1 Å². The van der Waals surface area contributed by atoms with Gasteiger partial charge in [0.2, 0.25) is 0 Å². The predicted octanol–water partition coefficient (Wildman–Crippen LogP) is 3.80. The van der Waals surface area contributed by atoms with Crippen LogP contribution in [0.3, 0.4) is 0 Å². The van der Waals surface area contributed by atoms with Crippen LogP contribution in [-0.2, 0) is 12.7 Å². The number of carbonyl (C=O) groups is 1. The molecule has 0 fully saturated rings. The van der Waals surface area contributed by atoms with Gasteiger partial charge < -0.3 is 5.32 Å². The van der Waals surface area contributed by atoms with E-state index in [1.165, 1.54) is 11.3 Å². The van der Waals surface area contributed by atoms with Crippen LogP contribution in [-0.4, -0.2) is 25.5 Å². The molecule has 0 bridgehead atoms. The molecule has 142 valence electrons. The fourth-order valence-corrected chi connectivity index (χ4v) is 3.34. The lowest BCUT2D eigenvalue weighted by Gasteiger charge is -2.11. The highest BCUT2D eigenvalue weighted by Gasteiger charge is 2.36. The van der Waals surface area contributed by atoms with Crippen LogP contribution in [0.1, 0.15) is 21.6 Å². The van der Waals surface area contributed by atoms with Crippen LogP contribution in [0.4, 0.5) is 13.2 Å². The van der Waals surface area contributed by atoms with E-state index in [-0.39, 0.29) is 23.4 Å². The van der Waals surface area contributed by atoms with Crippen molar-refractivity contribution in [1.82, 2.24) is 24.9 Å². The van der Waals surface area contributed by atoms with Gasteiger partial charge in [-0.25, -0.2) is 9.50 Å². The summed E-state index contributed by atoms with van der Waals surface area (Å²) in [5, 5.41) is 8.15. The number of fused-ring (bicyclic) bond motifs is 1. The van der Waals surface area contributed by atoms with Gasteiger partial charge in [0.25, 0.3) is 5.91 Å². The summed E-state index contributed by atoms with van der Waals surface area (Å²) in [5.74, 6) is -0.567. The molecular formula is C18H12F3N5OS. The summed E-state index contributed by atoms with van der Waals surface area (Å²) in [5.41, 5.74) is -0.283. The number of halogens is 3. The van der Waals surface area contributed by atoms with Gasteiger partial charge in [-0.05, 0) is 29.1 Å². The zero-order valence-electron chi connectivity index (χ0n) is 14.1. The van der Waals surface area contributed by atoms with Crippen molar-refractivity contribution in [1.29, 1.82) is 0 Å². The van der Waals surface area contributed by atoms with Crippen LogP contribution in [0.5, 0.6) is 0 Å². The molecule has 0 unspecified atom stereocenters. The van der Waals surface area contributed by atoms with Crippen LogP contribution in [0.2, 0.25) is 0 Å². The van der Waals surface area contributed by atoms with E-state index in [2.05, 4.69) is 20.4 Å². The summed E-state index contributed by atoms with van der Waals surface area (Å²) in [6, 6.07) is 7.82. The minimum atomic E-state index is -4.65. The van der Waals surface area contributed by atoms with E-state index in [1.807, 2.05) is 0 Å². The van der Waals surface area contributed by atoms with Gasteiger partial charge >= 0.3 is 6.18 Å². The number of hydrogen-bond donors (Lipinski definition) is 1. The molecule has 4 aromatic rings. The molecule has 0 saturated heterocycles. The third-order valence-corrected chi connectivity index (χ3v) is 4.85. The first kappa shape index (κ1) is 18.1. The topological polar surface area (TPSA) is 72.2 Å². The average Bonchev–Trinajstić information content (AvgIpc) is 3.35. The molecule has 10 heteroatoms.